The summed E-state index contributed by atoms with van der Waals surface area (Å²) < 4.78 is 0. The lowest BCUT2D eigenvalue weighted by Crippen LogP contribution is -2.29. The zero-order valence-corrected chi connectivity index (χ0v) is 11.1. The third-order valence-corrected chi connectivity index (χ3v) is 2.45. The standard InChI is InChI=1S/C13H28N2/c1-7-12(9-14-6)10-15-11(2)8-13(3,4)5/h12,14-15H,2,7-10H2,1,3-6H3. The molecule has 2 N–H and O–H groups in total. The molecular formula is C13H28N2. The topological polar surface area (TPSA) is 24.1 Å². The van der Waals surface area contributed by atoms with Crippen LogP contribution in [0.2, 0.25) is 0 Å². The van der Waals surface area contributed by atoms with Crippen molar-refractivity contribution >= 4 is 0 Å². The highest BCUT2D eigenvalue weighted by Gasteiger charge is 2.12. The molecule has 0 aromatic rings. The van der Waals surface area contributed by atoms with Gasteiger partial charge in [0, 0.05) is 12.2 Å². The van der Waals surface area contributed by atoms with Gasteiger partial charge in [0.2, 0.25) is 0 Å². The highest BCUT2D eigenvalue weighted by atomic mass is 14.9. The molecule has 0 amide bonds. The Balaban J connectivity index is 3.78. The first-order valence-corrected chi connectivity index (χ1v) is 5.95. The van der Waals surface area contributed by atoms with Gasteiger partial charge >= 0.3 is 0 Å². The van der Waals surface area contributed by atoms with Gasteiger partial charge in [-0.2, -0.15) is 0 Å². The van der Waals surface area contributed by atoms with Gasteiger partial charge in [0.25, 0.3) is 0 Å². The second-order valence-electron chi connectivity index (χ2n) is 5.55. The number of rotatable bonds is 7. The summed E-state index contributed by atoms with van der Waals surface area (Å²) in [7, 11) is 2.01. The van der Waals surface area contributed by atoms with Gasteiger partial charge in [-0.25, -0.2) is 0 Å². The predicted octanol–water partition coefficient (Wildman–Crippen LogP) is 2.77. The van der Waals surface area contributed by atoms with Crippen molar-refractivity contribution in [1.29, 1.82) is 0 Å². The first kappa shape index (κ1) is 14.5. The van der Waals surface area contributed by atoms with Gasteiger partial charge in [0.15, 0.2) is 0 Å². The summed E-state index contributed by atoms with van der Waals surface area (Å²) in [5, 5.41) is 6.66. The average molecular weight is 212 g/mol. The fourth-order valence-electron chi connectivity index (χ4n) is 1.64. The summed E-state index contributed by atoms with van der Waals surface area (Å²) in [5.41, 5.74) is 1.49. The van der Waals surface area contributed by atoms with Crippen LogP contribution in [0.3, 0.4) is 0 Å². The summed E-state index contributed by atoms with van der Waals surface area (Å²) in [5.74, 6) is 0.701. The van der Waals surface area contributed by atoms with E-state index in [0.29, 0.717) is 11.3 Å². The maximum Gasteiger partial charge on any atom is 0.0184 e. The lowest BCUT2D eigenvalue weighted by molar-refractivity contribution is 0.387. The Morgan fingerprint density at radius 2 is 1.87 bits per heavy atom. The van der Waals surface area contributed by atoms with Gasteiger partial charge in [0.1, 0.15) is 0 Å². The molecule has 0 aromatic heterocycles. The second kappa shape index (κ2) is 6.89. The van der Waals surface area contributed by atoms with Crippen molar-refractivity contribution in [2.75, 3.05) is 20.1 Å². The molecule has 2 heteroatoms. The molecule has 0 fully saturated rings. The molecule has 0 heterocycles. The Morgan fingerprint density at radius 1 is 1.27 bits per heavy atom. The minimum Gasteiger partial charge on any atom is -0.388 e. The first-order chi connectivity index (χ1) is 6.89. The van der Waals surface area contributed by atoms with Gasteiger partial charge in [-0.1, -0.05) is 40.7 Å². The molecule has 0 radical (unpaired) electrons. The summed E-state index contributed by atoms with van der Waals surface area (Å²) in [4.78, 5) is 0. The van der Waals surface area contributed by atoms with Crippen molar-refractivity contribution in [3.63, 3.8) is 0 Å². The van der Waals surface area contributed by atoms with Crippen LogP contribution >= 0.6 is 0 Å². The van der Waals surface area contributed by atoms with Crippen LogP contribution in [0.1, 0.15) is 40.5 Å². The Morgan fingerprint density at radius 3 is 2.27 bits per heavy atom. The highest BCUT2D eigenvalue weighted by molar-refractivity contribution is 4.95. The van der Waals surface area contributed by atoms with Crippen molar-refractivity contribution in [3.8, 4) is 0 Å². The van der Waals surface area contributed by atoms with Crippen molar-refractivity contribution < 1.29 is 0 Å². The van der Waals surface area contributed by atoms with Gasteiger partial charge < -0.3 is 10.6 Å². The van der Waals surface area contributed by atoms with Gasteiger partial charge in [0.05, 0.1) is 0 Å². The second-order valence-corrected chi connectivity index (χ2v) is 5.55. The lowest BCUT2D eigenvalue weighted by atomic mass is 9.91. The molecule has 0 rings (SSSR count). The average Bonchev–Trinajstić information content (AvgIpc) is 2.09. The van der Waals surface area contributed by atoms with Crippen molar-refractivity contribution in [1.82, 2.24) is 10.6 Å². The van der Waals surface area contributed by atoms with E-state index in [-0.39, 0.29) is 0 Å². The van der Waals surface area contributed by atoms with Crippen LogP contribution in [-0.2, 0) is 0 Å². The van der Waals surface area contributed by atoms with E-state index < -0.39 is 0 Å². The maximum absolute atomic E-state index is 4.07. The quantitative estimate of drug-likeness (QED) is 0.678. The highest BCUT2D eigenvalue weighted by Crippen LogP contribution is 2.21. The first-order valence-electron chi connectivity index (χ1n) is 5.95. The monoisotopic (exact) mass is 212 g/mol. The van der Waals surface area contributed by atoms with Crippen LogP contribution in [0, 0.1) is 11.3 Å². The SMILES string of the molecule is C=C(CC(C)(C)C)NCC(CC)CNC. The van der Waals surface area contributed by atoms with Gasteiger partial charge in [-0.05, 0) is 31.3 Å². The van der Waals surface area contributed by atoms with E-state index >= 15 is 0 Å². The van der Waals surface area contributed by atoms with E-state index in [2.05, 4.69) is 44.9 Å². The van der Waals surface area contributed by atoms with Crippen LogP contribution in [0.5, 0.6) is 0 Å². The molecule has 0 aliphatic carbocycles. The molecule has 0 bridgehead atoms. The summed E-state index contributed by atoms with van der Waals surface area (Å²) in [6.45, 7) is 15.1. The van der Waals surface area contributed by atoms with E-state index in [1.54, 1.807) is 0 Å². The fourth-order valence-corrected chi connectivity index (χ4v) is 1.64. The van der Waals surface area contributed by atoms with Crippen LogP contribution in [0.4, 0.5) is 0 Å². The minimum atomic E-state index is 0.328. The molecule has 0 saturated carbocycles. The normalized spacial score (nSPS) is 13.7. The lowest BCUT2D eigenvalue weighted by Gasteiger charge is -2.23. The molecular weight excluding hydrogens is 184 g/mol. The zero-order valence-electron chi connectivity index (χ0n) is 11.1. The van der Waals surface area contributed by atoms with Crippen molar-refractivity contribution in [2.24, 2.45) is 11.3 Å². The Bertz CT molecular complexity index is 179. The van der Waals surface area contributed by atoms with E-state index in [4.69, 9.17) is 0 Å². The van der Waals surface area contributed by atoms with Crippen LogP contribution in [0.25, 0.3) is 0 Å². The molecule has 0 aromatic carbocycles. The molecule has 2 nitrogen and oxygen atoms in total. The predicted molar refractivity (Wildman–Crippen MR) is 68.9 cm³/mol. The van der Waals surface area contributed by atoms with Crippen LogP contribution < -0.4 is 10.6 Å². The third-order valence-electron chi connectivity index (χ3n) is 2.45. The van der Waals surface area contributed by atoms with E-state index in [0.717, 1.165) is 25.2 Å². The van der Waals surface area contributed by atoms with Crippen molar-refractivity contribution in [3.05, 3.63) is 12.3 Å². The number of hydrogen-bond acceptors (Lipinski definition) is 2. The molecule has 0 spiro atoms. The van der Waals surface area contributed by atoms with E-state index in [1.807, 2.05) is 7.05 Å². The van der Waals surface area contributed by atoms with Crippen LogP contribution in [-0.4, -0.2) is 20.1 Å². The largest absolute Gasteiger partial charge is 0.388 e. The Hall–Kier alpha value is -0.500. The zero-order chi connectivity index (χ0) is 11.9. The maximum atomic E-state index is 4.07. The van der Waals surface area contributed by atoms with Crippen LogP contribution in [0.15, 0.2) is 12.3 Å². The van der Waals surface area contributed by atoms with E-state index in [9.17, 15) is 0 Å². The molecule has 90 valence electrons. The van der Waals surface area contributed by atoms with Crippen molar-refractivity contribution in [2.45, 2.75) is 40.5 Å². The molecule has 0 saturated heterocycles. The Kier molecular flexibility index (Phi) is 6.66. The minimum absolute atomic E-state index is 0.328. The molecule has 1 atom stereocenters. The summed E-state index contributed by atoms with van der Waals surface area (Å²) >= 11 is 0. The van der Waals surface area contributed by atoms with Gasteiger partial charge in [-0.3, -0.25) is 0 Å². The molecule has 1 unspecified atom stereocenters. The summed E-state index contributed by atoms with van der Waals surface area (Å²) in [6, 6.07) is 0. The Labute approximate surface area is 95.5 Å². The number of allylic oxidation sites excluding steroid dienone is 1. The molecule has 0 aliphatic rings. The number of nitrogens with one attached hydrogen (secondary N) is 2. The fraction of sp³-hybridized carbons (Fsp3) is 0.846. The van der Waals surface area contributed by atoms with E-state index in [1.165, 1.54) is 6.42 Å². The molecule has 0 aliphatic heterocycles. The van der Waals surface area contributed by atoms with Gasteiger partial charge in [-0.15, -0.1) is 0 Å². The third kappa shape index (κ3) is 8.49. The summed E-state index contributed by atoms with van der Waals surface area (Å²) in [6.07, 6.45) is 2.25. The number of hydrogen-bond donors (Lipinski definition) is 2. The molecule has 15 heavy (non-hydrogen) atoms. The smallest absolute Gasteiger partial charge is 0.0184 e.